The van der Waals surface area contributed by atoms with Gasteiger partial charge in [-0.1, -0.05) is 83.1 Å². The van der Waals surface area contributed by atoms with Crippen LogP contribution in [0.3, 0.4) is 0 Å². The van der Waals surface area contributed by atoms with E-state index in [0.717, 1.165) is 188 Å². The zero-order chi connectivity index (χ0) is 80.8. The molecule has 6 fully saturated rings. The van der Waals surface area contributed by atoms with Crippen LogP contribution in [-0.2, 0) is 0 Å². The Hall–Kier alpha value is -6.96. The summed E-state index contributed by atoms with van der Waals surface area (Å²) >= 11 is 0. The van der Waals surface area contributed by atoms with E-state index in [9.17, 15) is 0 Å². The van der Waals surface area contributed by atoms with E-state index in [1.54, 1.807) is 0 Å². The third-order valence-corrected chi connectivity index (χ3v) is 22.6. The molecule has 12 heterocycles. The molecule has 6 aliphatic rings. The summed E-state index contributed by atoms with van der Waals surface area (Å²) in [5.41, 5.74) is 6.77. The highest BCUT2D eigenvalue weighted by molar-refractivity contribution is 5.38. The molecule has 6 atom stereocenters. The minimum Gasteiger partial charge on any atom is -0.338 e. The van der Waals surface area contributed by atoms with Crippen molar-refractivity contribution in [1.82, 2.24) is 89.2 Å². The SMILES string of the molecule is CC(C)c1ccnc(N2CCN(C(C)C)C[C@@H]2C)n1.CC(C)c1ccnc(N2CCN(C(C)C)C[C@H]2C)n1.CC(C)c1ccnc(N2CCN(C(C)C)[C@@H](C)C2)n1.CC(C)c1ccnc(N2CCN(C(C)C)[C@H](C)C2)n1.CC(C)c1ccnc(N2CCN(C)[C@@H](C)C2)n1.CC(C)c1ccnc(N2CCN(C)[C@H](C)C2)n1. The van der Waals surface area contributed by atoms with Gasteiger partial charge in [0, 0.05) is 250 Å². The van der Waals surface area contributed by atoms with Gasteiger partial charge < -0.3 is 39.2 Å². The second kappa shape index (κ2) is 43.3. The van der Waals surface area contributed by atoms with Crippen molar-refractivity contribution >= 4 is 35.7 Å². The van der Waals surface area contributed by atoms with E-state index < -0.39 is 0 Å². The van der Waals surface area contributed by atoms with E-state index in [2.05, 4.69) is 293 Å². The van der Waals surface area contributed by atoms with Crippen LogP contribution in [0.5, 0.6) is 0 Å². The van der Waals surface area contributed by atoms with Crippen LogP contribution in [0.25, 0.3) is 0 Å². The van der Waals surface area contributed by atoms with Crippen molar-refractivity contribution in [2.75, 3.05) is 161 Å². The van der Waals surface area contributed by atoms with Crippen molar-refractivity contribution in [2.24, 2.45) is 0 Å². The lowest BCUT2D eigenvalue weighted by Crippen LogP contribution is -2.54. The van der Waals surface area contributed by atoms with E-state index in [-0.39, 0.29) is 0 Å². The van der Waals surface area contributed by atoms with Crippen molar-refractivity contribution in [3.8, 4) is 0 Å². The van der Waals surface area contributed by atoms with E-state index in [4.69, 9.17) is 19.9 Å². The lowest BCUT2D eigenvalue weighted by molar-refractivity contribution is 0.147. The van der Waals surface area contributed by atoms with E-state index in [1.165, 1.54) is 0 Å². The number of piperazine rings is 6. The molecule has 24 heteroatoms. The maximum atomic E-state index is 4.71. The highest BCUT2D eigenvalue weighted by Crippen LogP contribution is 2.27. The highest BCUT2D eigenvalue weighted by Gasteiger charge is 2.32. The van der Waals surface area contributed by atoms with Gasteiger partial charge in [0.15, 0.2) is 0 Å². The quantitative estimate of drug-likeness (QED) is 0.0887. The molecule has 0 bridgehead atoms. The van der Waals surface area contributed by atoms with Gasteiger partial charge in [0.25, 0.3) is 0 Å². The standard InChI is InChI=1S/4C15H26N4.2C13H22N4/c2*1-11(2)14-6-7-16-15(17-14)18-8-9-19(12(3)4)13(5)10-18;2*1-11(2)14-6-7-16-15(17-14)19-9-8-18(12(3)4)10-13(19)5;2*1-10(2)12-5-6-14-13(15-12)17-8-7-16(4)11(3)9-17/h4*6-7,11-13H,8-10H2,1-5H3;2*5-6,10-11H,7-9H2,1-4H3/t4*13-;2*11-/m101010/s1. The topological polar surface area (TPSA) is 194 Å². The number of anilines is 6. The Morgan fingerprint density at radius 2 is 0.473 bits per heavy atom. The summed E-state index contributed by atoms with van der Waals surface area (Å²) in [6, 6.07) is 17.7. The summed E-state index contributed by atoms with van der Waals surface area (Å²) in [7, 11) is 4.35. The molecule has 0 saturated carbocycles. The first-order valence-electron chi connectivity index (χ1n) is 42.0. The van der Waals surface area contributed by atoms with Gasteiger partial charge in [-0.15, -0.1) is 0 Å². The normalized spacial score (nSPS) is 21.7. The summed E-state index contributed by atoms with van der Waals surface area (Å²) < 4.78 is 0. The average molecular weight is 1520 g/mol. The smallest absolute Gasteiger partial charge is 0.225 e. The Kier molecular flexibility index (Phi) is 35.6. The van der Waals surface area contributed by atoms with Crippen LogP contribution in [0.1, 0.15) is 250 Å². The van der Waals surface area contributed by atoms with Crippen LogP contribution >= 0.6 is 0 Å². The van der Waals surface area contributed by atoms with Crippen LogP contribution in [0, 0.1) is 0 Å². The molecule has 0 N–H and O–H groups in total. The van der Waals surface area contributed by atoms with Crippen molar-refractivity contribution < 1.29 is 0 Å². The van der Waals surface area contributed by atoms with Crippen LogP contribution < -0.4 is 29.4 Å². The predicted molar refractivity (Wildman–Crippen MR) is 459 cm³/mol. The van der Waals surface area contributed by atoms with Gasteiger partial charge in [-0.3, -0.25) is 19.6 Å². The molecule has 0 unspecified atom stereocenters. The van der Waals surface area contributed by atoms with Crippen LogP contribution in [0.2, 0.25) is 0 Å². The summed E-state index contributed by atoms with van der Waals surface area (Å²) in [6.07, 6.45) is 11.3. The fourth-order valence-electron chi connectivity index (χ4n) is 14.8. The van der Waals surface area contributed by atoms with Crippen LogP contribution in [0.15, 0.2) is 73.6 Å². The number of aromatic nitrogens is 12. The Labute approximate surface area is 666 Å². The molecular formula is C86H148N24. The minimum absolute atomic E-state index is 0.453. The molecule has 6 aromatic heterocycles. The molecule has 12 rings (SSSR count). The first-order chi connectivity index (χ1) is 52.1. The van der Waals surface area contributed by atoms with E-state index in [0.29, 0.717) is 95.9 Å². The summed E-state index contributed by atoms with van der Waals surface area (Å²) in [5, 5.41) is 0. The van der Waals surface area contributed by atoms with E-state index in [1.807, 2.05) is 73.6 Å². The predicted octanol–water partition coefficient (Wildman–Crippen LogP) is 13.6. The Balaban J connectivity index is 0.000000184. The minimum atomic E-state index is 0.453. The van der Waals surface area contributed by atoms with Crippen molar-refractivity contribution in [2.45, 2.75) is 276 Å². The molecule has 110 heavy (non-hydrogen) atoms. The zero-order valence-electron chi connectivity index (χ0n) is 73.6. The van der Waals surface area contributed by atoms with Crippen molar-refractivity contribution in [3.05, 3.63) is 108 Å². The van der Waals surface area contributed by atoms with Crippen LogP contribution in [0.4, 0.5) is 35.7 Å². The molecule has 0 amide bonds. The molecule has 612 valence electrons. The first-order valence-corrected chi connectivity index (χ1v) is 42.0. The largest absolute Gasteiger partial charge is 0.338 e. The number of rotatable bonds is 16. The van der Waals surface area contributed by atoms with Gasteiger partial charge in [-0.2, -0.15) is 0 Å². The summed E-state index contributed by atoms with van der Waals surface area (Å²) in [4.78, 5) is 83.5. The lowest BCUT2D eigenvalue weighted by atomic mass is 10.1. The van der Waals surface area contributed by atoms with Gasteiger partial charge in [-0.05, 0) is 183 Å². The monoisotopic (exact) mass is 1520 g/mol. The van der Waals surface area contributed by atoms with Crippen molar-refractivity contribution in [3.63, 3.8) is 0 Å². The Morgan fingerprint density at radius 3 is 0.682 bits per heavy atom. The molecule has 6 aromatic rings. The molecule has 24 nitrogen and oxygen atoms in total. The second-order valence-electron chi connectivity index (χ2n) is 34.7. The van der Waals surface area contributed by atoms with Crippen molar-refractivity contribution in [1.29, 1.82) is 0 Å². The lowest BCUT2D eigenvalue weighted by Gasteiger charge is -2.42. The second-order valence-corrected chi connectivity index (χ2v) is 34.7. The van der Waals surface area contributed by atoms with Gasteiger partial charge in [0.1, 0.15) is 0 Å². The molecule has 0 spiro atoms. The Morgan fingerprint density at radius 1 is 0.245 bits per heavy atom. The maximum Gasteiger partial charge on any atom is 0.225 e. The fourth-order valence-corrected chi connectivity index (χ4v) is 14.8. The molecule has 0 aromatic carbocycles. The van der Waals surface area contributed by atoms with Gasteiger partial charge >= 0.3 is 0 Å². The van der Waals surface area contributed by atoms with E-state index >= 15 is 0 Å². The fraction of sp³-hybridized carbons (Fsp3) is 0.721. The number of hydrogen-bond acceptors (Lipinski definition) is 24. The number of hydrogen-bond donors (Lipinski definition) is 0. The number of nitrogens with zero attached hydrogens (tertiary/aromatic N) is 24. The molecule has 0 aliphatic carbocycles. The maximum absolute atomic E-state index is 4.71. The molecular weight excluding hydrogens is 1370 g/mol. The van der Waals surface area contributed by atoms with Gasteiger partial charge in [0.05, 0.1) is 0 Å². The average Bonchev–Trinajstić information content (AvgIpc) is 0.969. The molecule has 0 radical (unpaired) electrons. The van der Waals surface area contributed by atoms with Crippen LogP contribution in [-0.4, -0.2) is 282 Å². The number of likely N-dealkylation sites (N-methyl/N-ethyl adjacent to an activating group) is 2. The van der Waals surface area contributed by atoms with Gasteiger partial charge in [0.2, 0.25) is 35.7 Å². The highest BCUT2D eigenvalue weighted by atomic mass is 15.4. The third-order valence-electron chi connectivity index (χ3n) is 22.6. The summed E-state index contributed by atoms with van der Waals surface area (Å²) in [6.45, 7) is 76.6. The van der Waals surface area contributed by atoms with Gasteiger partial charge in [-0.25, -0.2) is 59.8 Å². The first kappa shape index (κ1) is 90.2. The Bertz CT molecular complexity index is 3390. The zero-order valence-corrected chi connectivity index (χ0v) is 73.6. The summed E-state index contributed by atoms with van der Waals surface area (Å²) in [5.74, 6) is 8.07. The molecule has 6 saturated heterocycles. The third kappa shape index (κ3) is 26.6. The molecule has 6 aliphatic heterocycles.